The predicted octanol–water partition coefficient (Wildman–Crippen LogP) is 3.70. The van der Waals surface area contributed by atoms with Crippen LogP contribution < -0.4 is 5.32 Å². The van der Waals surface area contributed by atoms with Crippen molar-refractivity contribution in [2.45, 2.75) is 18.0 Å². The maximum Gasteiger partial charge on any atom is 0.230 e. The standard InChI is InChI=1S/C15H15ClN2OS/c1-11(12-6-2-3-7-13(12)16)18-14(19)10-20-15-8-4-5-9-17-15/h2-9,11H,10H2,1H3,(H,18,19)/t11-/m1/s1. The summed E-state index contributed by atoms with van der Waals surface area (Å²) < 4.78 is 0. The molecule has 0 saturated carbocycles. The molecule has 0 unspecified atom stereocenters. The Morgan fingerprint density at radius 1 is 1.30 bits per heavy atom. The average molecular weight is 307 g/mol. The molecule has 1 atom stereocenters. The van der Waals surface area contributed by atoms with E-state index in [1.54, 1.807) is 6.20 Å². The van der Waals surface area contributed by atoms with Crippen LogP contribution in [0.15, 0.2) is 53.7 Å². The van der Waals surface area contributed by atoms with Crippen molar-refractivity contribution in [3.8, 4) is 0 Å². The number of pyridine rings is 1. The van der Waals surface area contributed by atoms with E-state index >= 15 is 0 Å². The molecular weight excluding hydrogens is 292 g/mol. The van der Waals surface area contributed by atoms with Gasteiger partial charge in [-0.15, -0.1) is 0 Å². The molecule has 0 aliphatic heterocycles. The number of halogens is 1. The van der Waals surface area contributed by atoms with Gasteiger partial charge in [0, 0.05) is 11.2 Å². The van der Waals surface area contributed by atoms with Crippen molar-refractivity contribution in [2.24, 2.45) is 0 Å². The molecule has 0 radical (unpaired) electrons. The van der Waals surface area contributed by atoms with Crippen molar-refractivity contribution in [2.75, 3.05) is 5.75 Å². The van der Waals surface area contributed by atoms with Gasteiger partial charge in [-0.2, -0.15) is 0 Å². The van der Waals surface area contributed by atoms with Gasteiger partial charge in [-0.05, 0) is 30.7 Å². The van der Waals surface area contributed by atoms with Gasteiger partial charge in [-0.25, -0.2) is 4.98 Å². The van der Waals surface area contributed by atoms with Crippen LogP contribution in [0.1, 0.15) is 18.5 Å². The SMILES string of the molecule is C[C@@H](NC(=O)CSc1ccccn1)c1ccccc1Cl. The Bertz CT molecular complexity index is 577. The van der Waals surface area contributed by atoms with Crippen LogP contribution in [0.2, 0.25) is 5.02 Å². The van der Waals surface area contributed by atoms with E-state index in [2.05, 4.69) is 10.3 Å². The molecule has 1 aromatic heterocycles. The summed E-state index contributed by atoms with van der Waals surface area (Å²) in [6, 6.07) is 13.0. The zero-order valence-electron chi connectivity index (χ0n) is 11.0. The van der Waals surface area contributed by atoms with E-state index in [4.69, 9.17) is 11.6 Å². The molecule has 104 valence electrons. The molecule has 0 spiro atoms. The third-order valence-corrected chi connectivity index (χ3v) is 4.03. The average Bonchev–Trinajstić information content (AvgIpc) is 2.46. The lowest BCUT2D eigenvalue weighted by Crippen LogP contribution is -2.28. The zero-order chi connectivity index (χ0) is 14.4. The molecule has 5 heteroatoms. The van der Waals surface area contributed by atoms with Crippen LogP contribution in [0.3, 0.4) is 0 Å². The van der Waals surface area contributed by atoms with E-state index in [9.17, 15) is 4.79 Å². The summed E-state index contributed by atoms with van der Waals surface area (Å²) in [6.07, 6.45) is 1.71. The van der Waals surface area contributed by atoms with Gasteiger partial charge < -0.3 is 5.32 Å². The van der Waals surface area contributed by atoms with Gasteiger partial charge in [0.15, 0.2) is 0 Å². The fourth-order valence-electron chi connectivity index (χ4n) is 1.76. The van der Waals surface area contributed by atoms with Crippen LogP contribution in [-0.2, 0) is 4.79 Å². The van der Waals surface area contributed by atoms with Crippen LogP contribution in [0.4, 0.5) is 0 Å². The fourth-order valence-corrected chi connectivity index (χ4v) is 2.73. The van der Waals surface area contributed by atoms with Crippen LogP contribution in [0.25, 0.3) is 0 Å². The van der Waals surface area contributed by atoms with Gasteiger partial charge in [0.2, 0.25) is 5.91 Å². The molecule has 1 aromatic carbocycles. The molecule has 0 bridgehead atoms. The summed E-state index contributed by atoms with van der Waals surface area (Å²) in [4.78, 5) is 16.1. The Hall–Kier alpha value is -1.52. The van der Waals surface area contributed by atoms with Crippen LogP contribution >= 0.6 is 23.4 Å². The number of carbonyl (C=O) groups excluding carboxylic acids is 1. The van der Waals surface area contributed by atoms with E-state index < -0.39 is 0 Å². The second-order valence-electron chi connectivity index (χ2n) is 4.27. The number of rotatable bonds is 5. The van der Waals surface area contributed by atoms with E-state index in [1.807, 2.05) is 49.4 Å². The minimum absolute atomic E-state index is 0.0342. The second-order valence-corrected chi connectivity index (χ2v) is 5.67. The normalized spacial score (nSPS) is 11.9. The third-order valence-electron chi connectivity index (χ3n) is 2.74. The summed E-state index contributed by atoms with van der Waals surface area (Å²) in [5.74, 6) is 0.305. The number of hydrogen-bond acceptors (Lipinski definition) is 3. The lowest BCUT2D eigenvalue weighted by atomic mass is 10.1. The molecule has 1 heterocycles. The summed E-state index contributed by atoms with van der Waals surface area (Å²) in [7, 11) is 0. The van der Waals surface area contributed by atoms with E-state index in [0.717, 1.165) is 10.6 Å². The first-order chi connectivity index (χ1) is 9.66. The first kappa shape index (κ1) is 14.9. The highest BCUT2D eigenvalue weighted by Crippen LogP contribution is 2.22. The Labute approximate surface area is 127 Å². The summed E-state index contributed by atoms with van der Waals surface area (Å²) in [6.45, 7) is 1.92. The molecule has 0 saturated heterocycles. The number of carbonyl (C=O) groups is 1. The highest BCUT2D eigenvalue weighted by Gasteiger charge is 2.12. The van der Waals surface area contributed by atoms with Crippen LogP contribution in [0.5, 0.6) is 0 Å². The predicted molar refractivity (Wildman–Crippen MR) is 83.0 cm³/mol. The molecule has 0 aliphatic rings. The molecule has 1 N–H and O–H groups in total. The molecule has 20 heavy (non-hydrogen) atoms. The molecule has 0 aliphatic carbocycles. The van der Waals surface area contributed by atoms with Crippen LogP contribution in [-0.4, -0.2) is 16.6 Å². The third kappa shape index (κ3) is 4.25. The number of benzene rings is 1. The molecule has 1 amide bonds. The van der Waals surface area contributed by atoms with Gasteiger partial charge in [-0.3, -0.25) is 4.79 Å². The summed E-state index contributed by atoms with van der Waals surface area (Å²) in [5, 5.41) is 4.44. The highest BCUT2D eigenvalue weighted by molar-refractivity contribution is 7.99. The molecule has 3 nitrogen and oxygen atoms in total. The van der Waals surface area contributed by atoms with Crippen molar-refractivity contribution in [3.63, 3.8) is 0 Å². The lowest BCUT2D eigenvalue weighted by molar-refractivity contribution is -0.119. The minimum Gasteiger partial charge on any atom is -0.349 e. The topological polar surface area (TPSA) is 42.0 Å². The maximum atomic E-state index is 11.9. The van der Waals surface area contributed by atoms with Crippen LogP contribution in [0, 0.1) is 0 Å². The number of hydrogen-bond donors (Lipinski definition) is 1. The fraction of sp³-hybridized carbons (Fsp3) is 0.200. The van der Waals surface area contributed by atoms with Crippen molar-refractivity contribution >= 4 is 29.3 Å². The van der Waals surface area contributed by atoms with Crippen molar-refractivity contribution < 1.29 is 4.79 Å². The summed E-state index contributed by atoms with van der Waals surface area (Å²) in [5.41, 5.74) is 0.922. The molecule has 2 rings (SSSR count). The largest absolute Gasteiger partial charge is 0.349 e. The maximum absolute atomic E-state index is 11.9. The first-order valence-corrected chi connectivity index (χ1v) is 7.61. The smallest absolute Gasteiger partial charge is 0.230 e. The zero-order valence-corrected chi connectivity index (χ0v) is 12.6. The van der Waals surface area contributed by atoms with E-state index in [1.165, 1.54) is 11.8 Å². The number of nitrogens with one attached hydrogen (secondary N) is 1. The van der Waals surface area contributed by atoms with Gasteiger partial charge in [0.1, 0.15) is 0 Å². The number of thioether (sulfide) groups is 1. The van der Waals surface area contributed by atoms with Gasteiger partial charge in [-0.1, -0.05) is 47.6 Å². The van der Waals surface area contributed by atoms with Crippen molar-refractivity contribution in [1.82, 2.24) is 10.3 Å². The Kier molecular flexibility index (Phi) is 5.44. The van der Waals surface area contributed by atoms with Crippen molar-refractivity contribution in [1.29, 1.82) is 0 Å². The quantitative estimate of drug-likeness (QED) is 0.856. The van der Waals surface area contributed by atoms with Crippen molar-refractivity contribution in [3.05, 3.63) is 59.2 Å². The monoisotopic (exact) mass is 306 g/mol. The highest BCUT2D eigenvalue weighted by atomic mass is 35.5. The Balaban J connectivity index is 1.87. The molecule has 0 fully saturated rings. The molecule has 2 aromatic rings. The number of aromatic nitrogens is 1. The molecular formula is C15H15ClN2OS. The van der Waals surface area contributed by atoms with Gasteiger partial charge >= 0.3 is 0 Å². The Morgan fingerprint density at radius 3 is 2.75 bits per heavy atom. The first-order valence-electron chi connectivity index (χ1n) is 6.24. The number of amides is 1. The lowest BCUT2D eigenvalue weighted by Gasteiger charge is -2.15. The summed E-state index contributed by atoms with van der Waals surface area (Å²) >= 11 is 7.52. The van der Waals surface area contributed by atoms with Gasteiger partial charge in [0.05, 0.1) is 16.8 Å². The second kappa shape index (κ2) is 7.31. The van der Waals surface area contributed by atoms with E-state index in [-0.39, 0.29) is 11.9 Å². The Morgan fingerprint density at radius 2 is 2.05 bits per heavy atom. The number of nitrogens with zero attached hydrogens (tertiary/aromatic N) is 1. The minimum atomic E-state index is -0.111. The van der Waals surface area contributed by atoms with E-state index in [0.29, 0.717) is 10.8 Å². The van der Waals surface area contributed by atoms with Gasteiger partial charge in [0.25, 0.3) is 0 Å².